The van der Waals surface area contributed by atoms with Crippen LogP contribution in [0.15, 0.2) is 22.7 Å². The molecule has 24 heavy (non-hydrogen) atoms. The van der Waals surface area contributed by atoms with Gasteiger partial charge >= 0.3 is 6.03 Å². The molecule has 1 aromatic rings. The number of methoxy groups -OCH3 is 1. The summed E-state index contributed by atoms with van der Waals surface area (Å²) in [5, 5.41) is 3.01. The first-order chi connectivity index (χ1) is 11.4. The minimum Gasteiger partial charge on any atom is -0.496 e. The predicted octanol–water partition coefficient (Wildman–Crippen LogP) is 3.56. The second-order valence-electron chi connectivity index (χ2n) is 6.67. The molecule has 0 radical (unpaired) electrons. The number of urea groups is 1. The standard InChI is InChI=1S/C18H27BrN2O3/c1-18(2,14-5-6-15(19)16(13-14)23-3)7-4-8-20-17(22)21-9-11-24-12-10-21/h5-6,13H,4,7-12H2,1-3H3,(H,20,22). The van der Waals surface area contributed by atoms with Crippen LogP contribution in [0.2, 0.25) is 0 Å². The van der Waals surface area contributed by atoms with Gasteiger partial charge in [0.2, 0.25) is 0 Å². The number of nitrogens with zero attached hydrogens (tertiary/aromatic N) is 1. The lowest BCUT2D eigenvalue weighted by molar-refractivity contribution is 0.0532. The zero-order chi connectivity index (χ0) is 17.6. The lowest BCUT2D eigenvalue weighted by Crippen LogP contribution is -2.46. The van der Waals surface area contributed by atoms with Gasteiger partial charge < -0.3 is 19.7 Å². The van der Waals surface area contributed by atoms with E-state index in [1.165, 1.54) is 5.56 Å². The molecule has 2 amide bonds. The van der Waals surface area contributed by atoms with Crippen LogP contribution in [0, 0.1) is 0 Å². The van der Waals surface area contributed by atoms with E-state index in [1.807, 2.05) is 11.0 Å². The molecular weight excluding hydrogens is 372 g/mol. The molecule has 5 nitrogen and oxygen atoms in total. The molecule has 0 aliphatic carbocycles. The van der Waals surface area contributed by atoms with Gasteiger partial charge in [0.25, 0.3) is 0 Å². The third-order valence-corrected chi connectivity index (χ3v) is 5.14. The Bertz CT molecular complexity index is 557. The Balaban J connectivity index is 1.81. The summed E-state index contributed by atoms with van der Waals surface area (Å²) in [7, 11) is 1.68. The topological polar surface area (TPSA) is 50.8 Å². The van der Waals surface area contributed by atoms with Gasteiger partial charge in [-0.1, -0.05) is 19.9 Å². The third-order valence-electron chi connectivity index (χ3n) is 4.49. The van der Waals surface area contributed by atoms with Crippen LogP contribution in [-0.2, 0) is 10.2 Å². The number of rotatable bonds is 6. The van der Waals surface area contributed by atoms with Gasteiger partial charge in [0.05, 0.1) is 24.8 Å². The fourth-order valence-corrected chi connectivity index (χ4v) is 3.24. The van der Waals surface area contributed by atoms with Crippen LogP contribution in [-0.4, -0.2) is 50.9 Å². The van der Waals surface area contributed by atoms with Gasteiger partial charge in [-0.25, -0.2) is 4.79 Å². The number of halogens is 1. The Morgan fingerprint density at radius 1 is 1.38 bits per heavy atom. The van der Waals surface area contributed by atoms with Crippen LogP contribution in [0.4, 0.5) is 4.79 Å². The van der Waals surface area contributed by atoms with Gasteiger partial charge in [0.15, 0.2) is 0 Å². The first-order valence-electron chi connectivity index (χ1n) is 8.38. The summed E-state index contributed by atoms with van der Waals surface area (Å²) in [4.78, 5) is 13.9. The molecule has 0 bridgehead atoms. The molecule has 0 saturated carbocycles. The molecular formula is C18H27BrN2O3. The van der Waals surface area contributed by atoms with E-state index >= 15 is 0 Å². The summed E-state index contributed by atoms with van der Waals surface area (Å²) in [6.07, 6.45) is 1.92. The van der Waals surface area contributed by atoms with Crippen molar-refractivity contribution in [1.82, 2.24) is 10.2 Å². The first kappa shape index (κ1) is 19.1. The van der Waals surface area contributed by atoms with Gasteiger partial charge in [-0.15, -0.1) is 0 Å². The number of hydrogen-bond donors (Lipinski definition) is 1. The molecule has 1 N–H and O–H groups in total. The van der Waals surface area contributed by atoms with Crippen molar-refractivity contribution in [3.8, 4) is 5.75 Å². The summed E-state index contributed by atoms with van der Waals surface area (Å²) in [6.45, 7) is 7.75. The molecule has 0 aromatic heterocycles. The average molecular weight is 399 g/mol. The molecule has 1 fully saturated rings. The normalized spacial score (nSPS) is 15.2. The van der Waals surface area contributed by atoms with Crippen molar-refractivity contribution >= 4 is 22.0 Å². The van der Waals surface area contributed by atoms with Crippen LogP contribution < -0.4 is 10.1 Å². The molecule has 2 rings (SSSR count). The number of carbonyl (C=O) groups excluding carboxylic acids is 1. The van der Waals surface area contributed by atoms with Gasteiger partial charge in [-0.3, -0.25) is 0 Å². The van der Waals surface area contributed by atoms with Crippen LogP contribution in [0.1, 0.15) is 32.3 Å². The second kappa shape index (κ2) is 8.72. The number of carbonyl (C=O) groups is 1. The third kappa shape index (κ3) is 5.11. The highest BCUT2D eigenvalue weighted by Gasteiger charge is 2.22. The summed E-state index contributed by atoms with van der Waals surface area (Å²) in [6, 6.07) is 6.24. The Hall–Kier alpha value is -1.27. The Morgan fingerprint density at radius 3 is 2.75 bits per heavy atom. The Morgan fingerprint density at radius 2 is 2.08 bits per heavy atom. The molecule has 0 atom stereocenters. The number of amides is 2. The molecule has 0 spiro atoms. The maximum absolute atomic E-state index is 12.1. The SMILES string of the molecule is COc1cc(C(C)(C)CCCNC(=O)N2CCOCC2)ccc1Br. The van der Waals surface area contributed by atoms with Crippen LogP contribution in [0.3, 0.4) is 0 Å². The fraction of sp³-hybridized carbons (Fsp3) is 0.611. The molecule has 134 valence electrons. The highest BCUT2D eigenvalue weighted by atomic mass is 79.9. The zero-order valence-corrected chi connectivity index (χ0v) is 16.3. The Labute approximate surface area is 152 Å². The van der Waals surface area contributed by atoms with Crippen molar-refractivity contribution in [2.24, 2.45) is 0 Å². The lowest BCUT2D eigenvalue weighted by atomic mass is 9.80. The van der Waals surface area contributed by atoms with Gasteiger partial charge in [0.1, 0.15) is 5.75 Å². The maximum Gasteiger partial charge on any atom is 0.317 e. The van der Waals surface area contributed by atoms with Gasteiger partial charge in [0, 0.05) is 19.6 Å². The smallest absolute Gasteiger partial charge is 0.317 e. The van der Waals surface area contributed by atoms with E-state index in [1.54, 1.807) is 7.11 Å². The van der Waals surface area contributed by atoms with E-state index in [0.29, 0.717) is 32.8 Å². The minimum atomic E-state index is 0.0152. The maximum atomic E-state index is 12.1. The summed E-state index contributed by atoms with van der Waals surface area (Å²) in [5.41, 5.74) is 1.26. The molecule has 1 aromatic carbocycles. The number of nitrogens with one attached hydrogen (secondary N) is 1. The van der Waals surface area contributed by atoms with Crippen LogP contribution in [0.5, 0.6) is 5.75 Å². The molecule has 6 heteroatoms. The van der Waals surface area contributed by atoms with E-state index in [-0.39, 0.29) is 11.4 Å². The van der Waals surface area contributed by atoms with Gasteiger partial charge in [-0.05, 0) is 51.9 Å². The second-order valence-corrected chi connectivity index (χ2v) is 7.52. The summed E-state index contributed by atoms with van der Waals surface area (Å²) >= 11 is 3.49. The van der Waals surface area contributed by atoms with Gasteiger partial charge in [-0.2, -0.15) is 0 Å². The Kier molecular flexibility index (Phi) is 6.92. The number of benzene rings is 1. The molecule has 1 aliphatic heterocycles. The van der Waals surface area contributed by atoms with E-state index in [0.717, 1.165) is 23.1 Å². The largest absolute Gasteiger partial charge is 0.496 e. The number of hydrogen-bond acceptors (Lipinski definition) is 3. The fourth-order valence-electron chi connectivity index (χ4n) is 2.83. The number of ether oxygens (including phenoxy) is 2. The van der Waals surface area contributed by atoms with Crippen molar-refractivity contribution in [3.05, 3.63) is 28.2 Å². The highest BCUT2D eigenvalue weighted by molar-refractivity contribution is 9.10. The highest BCUT2D eigenvalue weighted by Crippen LogP contribution is 2.34. The minimum absolute atomic E-state index is 0.0152. The summed E-state index contributed by atoms with van der Waals surface area (Å²) < 4.78 is 11.6. The van der Waals surface area contributed by atoms with Crippen molar-refractivity contribution in [2.75, 3.05) is 40.0 Å². The molecule has 1 aliphatic rings. The van der Waals surface area contributed by atoms with Crippen molar-refractivity contribution in [2.45, 2.75) is 32.1 Å². The van der Waals surface area contributed by atoms with Crippen molar-refractivity contribution in [1.29, 1.82) is 0 Å². The molecule has 1 saturated heterocycles. The van der Waals surface area contributed by atoms with E-state index in [2.05, 4.69) is 47.2 Å². The molecule has 1 heterocycles. The number of morpholine rings is 1. The van der Waals surface area contributed by atoms with E-state index in [4.69, 9.17) is 9.47 Å². The molecule has 0 unspecified atom stereocenters. The van der Waals surface area contributed by atoms with Crippen molar-refractivity contribution in [3.63, 3.8) is 0 Å². The quantitative estimate of drug-likeness (QED) is 0.745. The first-order valence-corrected chi connectivity index (χ1v) is 9.18. The van der Waals surface area contributed by atoms with E-state index < -0.39 is 0 Å². The van der Waals surface area contributed by atoms with E-state index in [9.17, 15) is 4.79 Å². The lowest BCUT2D eigenvalue weighted by Gasteiger charge is -2.28. The van der Waals surface area contributed by atoms with Crippen LogP contribution in [0.25, 0.3) is 0 Å². The average Bonchev–Trinajstić information content (AvgIpc) is 2.59. The van der Waals surface area contributed by atoms with Crippen LogP contribution >= 0.6 is 15.9 Å². The predicted molar refractivity (Wildman–Crippen MR) is 98.7 cm³/mol. The zero-order valence-electron chi connectivity index (χ0n) is 14.7. The monoisotopic (exact) mass is 398 g/mol. The summed E-state index contributed by atoms with van der Waals surface area (Å²) in [5.74, 6) is 0.848. The van der Waals surface area contributed by atoms with Crippen molar-refractivity contribution < 1.29 is 14.3 Å².